The molecule has 0 radical (unpaired) electrons. The zero-order valence-corrected chi connectivity index (χ0v) is 15.4. The molecule has 4 rings (SSSR count). The molecule has 0 aliphatic heterocycles. The van der Waals surface area contributed by atoms with Gasteiger partial charge in [-0.15, -0.1) is 0 Å². The van der Waals surface area contributed by atoms with Crippen molar-refractivity contribution in [3.63, 3.8) is 0 Å². The normalized spacial score (nSPS) is 27.1. The first-order valence-corrected chi connectivity index (χ1v) is 9.73. The first kappa shape index (κ1) is 18.4. The van der Waals surface area contributed by atoms with Gasteiger partial charge in [-0.05, 0) is 36.0 Å². The molecule has 0 saturated heterocycles. The molecular formula is C23H26O4. The number of hydrogen-bond acceptors (Lipinski definition) is 4. The highest BCUT2D eigenvalue weighted by Crippen LogP contribution is 2.32. The van der Waals surface area contributed by atoms with Crippen LogP contribution in [0.25, 0.3) is 0 Å². The summed E-state index contributed by atoms with van der Waals surface area (Å²) in [4.78, 5) is 12.2. The van der Waals surface area contributed by atoms with Crippen molar-refractivity contribution >= 4 is 5.78 Å². The number of carbonyl (C=O) groups is 1. The summed E-state index contributed by atoms with van der Waals surface area (Å²) in [7, 11) is 0. The molecule has 2 aliphatic rings. The molecule has 2 aromatic carbocycles. The van der Waals surface area contributed by atoms with E-state index in [2.05, 4.69) is 12.1 Å². The third-order valence-electron chi connectivity index (χ3n) is 5.67. The summed E-state index contributed by atoms with van der Waals surface area (Å²) in [6.45, 7) is 1.08. The minimum absolute atomic E-state index is 0.00606. The van der Waals surface area contributed by atoms with Crippen LogP contribution in [-0.2, 0) is 33.9 Å². The Hall–Kier alpha value is -2.01. The van der Waals surface area contributed by atoms with Crippen LogP contribution < -0.4 is 0 Å². The number of aliphatic hydroxyl groups excluding tert-OH is 1. The van der Waals surface area contributed by atoms with Gasteiger partial charge >= 0.3 is 0 Å². The van der Waals surface area contributed by atoms with Crippen LogP contribution in [-0.4, -0.2) is 29.2 Å². The van der Waals surface area contributed by atoms with Gasteiger partial charge in [0.25, 0.3) is 0 Å². The van der Waals surface area contributed by atoms with Gasteiger partial charge in [-0.25, -0.2) is 0 Å². The number of aliphatic hydroxyl groups is 1. The van der Waals surface area contributed by atoms with Gasteiger partial charge in [0.15, 0.2) is 0 Å². The molecule has 0 amide bonds. The molecule has 2 atom stereocenters. The molecule has 0 heterocycles. The fraction of sp³-hybridized carbons (Fsp3) is 0.435. The summed E-state index contributed by atoms with van der Waals surface area (Å²) in [5.74, 6) is 0.214. The van der Waals surface area contributed by atoms with Crippen LogP contribution in [0, 0.1) is 5.92 Å². The van der Waals surface area contributed by atoms with E-state index < -0.39 is 0 Å². The Kier molecular flexibility index (Phi) is 5.67. The highest BCUT2D eigenvalue weighted by atomic mass is 16.5. The van der Waals surface area contributed by atoms with Crippen molar-refractivity contribution in [1.29, 1.82) is 0 Å². The molecular weight excluding hydrogens is 340 g/mol. The van der Waals surface area contributed by atoms with E-state index in [1.54, 1.807) is 0 Å². The summed E-state index contributed by atoms with van der Waals surface area (Å²) in [5, 5.41) is 9.39. The highest BCUT2D eigenvalue weighted by molar-refractivity contribution is 5.88. The number of benzene rings is 2. The summed E-state index contributed by atoms with van der Waals surface area (Å²) in [5.41, 5.74) is 3.41. The largest absolute Gasteiger partial charge is 0.393 e. The molecule has 4 nitrogen and oxygen atoms in total. The van der Waals surface area contributed by atoms with Crippen LogP contribution in [0.15, 0.2) is 54.6 Å². The van der Waals surface area contributed by atoms with E-state index in [9.17, 15) is 9.90 Å². The smallest absolute Gasteiger partial charge is 0.141 e. The first-order valence-electron chi connectivity index (χ1n) is 9.73. The van der Waals surface area contributed by atoms with Crippen LogP contribution in [0.3, 0.4) is 0 Å². The average molecular weight is 366 g/mol. The molecule has 0 spiro atoms. The first-order chi connectivity index (χ1) is 13.2. The SMILES string of the molecule is O=C1CC(OCc2ccccc2)[C@@H]1Cc1ccccc1CO[C@H]1C[C@@H](O)C1. The lowest BCUT2D eigenvalue weighted by Crippen LogP contribution is -2.45. The zero-order valence-electron chi connectivity index (χ0n) is 15.4. The quantitative estimate of drug-likeness (QED) is 0.778. The Labute approximate surface area is 160 Å². The monoisotopic (exact) mass is 366 g/mol. The summed E-state index contributed by atoms with van der Waals surface area (Å²) in [6, 6.07) is 18.2. The van der Waals surface area contributed by atoms with Gasteiger partial charge in [-0.3, -0.25) is 4.79 Å². The molecule has 2 fully saturated rings. The van der Waals surface area contributed by atoms with Crippen LogP contribution in [0.4, 0.5) is 0 Å². The second-order valence-electron chi connectivity index (χ2n) is 7.64. The maximum absolute atomic E-state index is 12.2. The van der Waals surface area contributed by atoms with Crippen molar-refractivity contribution in [3.8, 4) is 0 Å². The fourth-order valence-corrected chi connectivity index (χ4v) is 3.75. The van der Waals surface area contributed by atoms with Crippen molar-refractivity contribution in [2.75, 3.05) is 0 Å². The molecule has 0 aromatic heterocycles. The van der Waals surface area contributed by atoms with E-state index in [-0.39, 0.29) is 30.0 Å². The van der Waals surface area contributed by atoms with E-state index in [1.165, 1.54) is 0 Å². The van der Waals surface area contributed by atoms with Crippen molar-refractivity contribution in [2.45, 2.75) is 57.2 Å². The maximum atomic E-state index is 12.2. The second-order valence-corrected chi connectivity index (χ2v) is 7.64. The maximum Gasteiger partial charge on any atom is 0.141 e. The van der Waals surface area contributed by atoms with Gasteiger partial charge in [0.05, 0.1) is 31.5 Å². The predicted octanol–water partition coefficient (Wildman–Crippen LogP) is 3.44. The number of ketones is 1. The summed E-state index contributed by atoms with van der Waals surface area (Å²) in [6.07, 6.45) is 2.59. The minimum Gasteiger partial charge on any atom is -0.393 e. The number of rotatable bonds is 8. The summed E-state index contributed by atoms with van der Waals surface area (Å²) < 4.78 is 11.9. The Morgan fingerprint density at radius 3 is 2.30 bits per heavy atom. The van der Waals surface area contributed by atoms with E-state index >= 15 is 0 Å². The summed E-state index contributed by atoms with van der Waals surface area (Å²) >= 11 is 0. The molecule has 1 N–H and O–H groups in total. The fourth-order valence-electron chi connectivity index (χ4n) is 3.75. The number of ether oxygens (including phenoxy) is 2. The molecule has 4 heteroatoms. The van der Waals surface area contributed by atoms with E-state index in [0.29, 0.717) is 26.1 Å². The van der Waals surface area contributed by atoms with Gasteiger partial charge in [0.2, 0.25) is 0 Å². The van der Waals surface area contributed by atoms with E-state index in [1.807, 2.05) is 42.5 Å². The standard InChI is InChI=1S/C23H26O4/c24-19-11-20(12-19)26-15-18-9-5-4-8-17(18)10-21-22(25)13-23(21)27-14-16-6-2-1-3-7-16/h1-9,19-21,23-24H,10-15H2/t19-,20+,21-,23?/m1/s1. The van der Waals surface area contributed by atoms with Crippen LogP contribution in [0.1, 0.15) is 36.0 Å². The average Bonchev–Trinajstić information content (AvgIpc) is 2.67. The van der Waals surface area contributed by atoms with Crippen molar-refractivity contribution < 1.29 is 19.4 Å². The molecule has 0 bridgehead atoms. The molecule has 2 aromatic rings. The van der Waals surface area contributed by atoms with E-state index in [0.717, 1.165) is 29.5 Å². The Bertz CT molecular complexity index is 767. The van der Waals surface area contributed by atoms with Crippen LogP contribution in [0.2, 0.25) is 0 Å². The van der Waals surface area contributed by atoms with Crippen molar-refractivity contribution in [3.05, 3.63) is 71.3 Å². The number of carbonyl (C=O) groups excluding carboxylic acids is 1. The lowest BCUT2D eigenvalue weighted by molar-refractivity contribution is -0.146. The zero-order chi connectivity index (χ0) is 18.6. The number of Topliss-reactive ketones (excluding diaryl/α,β-unsaturated/α-hetero) is 1. The predicted molar refractivity (Wildman–Crippen MR) is 102 cm³/mol. The van der Waals surface area contributed by atoms with Gasteiger partial charge in [-0.1, -0.05) is 54.6 Å². The van der Waals surface area contributed by atoms with Crippen LogP contribution >= 0.6 is 0 Å². The van der Waals surface area contributed by atoms with Gasteiger partial charge in [0, 0.05) is 12.3 Å². The molecule has 2 saturated carbocycles. The lowest BCUT2D eigenvalue weighted by Gasteiger charge is -2.35. The van der Waals surface area contributed by atoms with Crippen molar-refractivity contribution in [2.24, 2.45) is 5.92 Å². The van der Waals surface area contributed by atoms with Gasteiger partial charge < -0.3 is 14.6 Å². The molecule has 1 unspecified atom stereocenters. The van der Waals surface area contributed by atoms with Crippen LogP contribution in [0.5, 0.6) is 0 Å². The van der Waals surface area contributed by atoms with Gasteiger partial charge in [0.1, 0.15) is 5.78 Å². The van der Waals surface area contributed by atoms with Crippen molar-refractivity contribution in [1.82, 2.24) is 0 Å². The number of hydrogen-bond donors (Lipinski definition) is 1. The second kappa shape index (κ2) is 8.34. The Balaban J connectivity index is 1.34. The highest BCUT2D eigenvalue weighted by Gasteiger charge is 2.40. The third kappa shape index (κ3) is 4.46. The lowest BCUT2D eigenvalue weighted by atomic mass is 9.76. The topological polar surface area (TPSA) is 55.8 Å². The third-order valence-corrected chi connectivity index (χ3v) is 5.67. The Morgan fingerprint density at radius 2 is 1.59 bits per heavy atom. The molecule has 2 aliphatic carbocycles. The van der Waals surface area contributed by atoms with E-state index in [4.69, 9.17) is 9.47 Å². The van der Waals surface area contributed by atoms with Gasteiger partial charge in [-0.2, -0.15) is 0 Å². The molecule has 27 heavy (non-hydrogen) atoms. The Morgan fingerprint density at radius 1 is 0.889 bits per heavy atom. The molecule has 142 valence electrons. The minimum atomic E-state index is -0.208.